The van der Waals surface area contributed by atoms with Gasteiger partial charge in [-0.25, -0.2) is 13.1 Å². The summed E-state index contributed by atoms with van der Waals surface area (Å²) in [6, 6.07) is 7.38. The lowest BCUT2D eigenvalue weighted by atomic mass is 10.0. The molecule has 0 aliphatic rings. The first-order chi connectivity index (χ1) is 9.40. The van der Waals surface area contributed by atoms with Crippen molar-refractivity contribution in [2.24, 2.45) is 5.92 Å². The molecular formula is C15H26N2O2S. The van der Waals surface area contributed by atoms with Crippen LogP contribution in [0, 0.1) is 5.92 Å². The molecule has 0 spiro atoms. The van der Waals surface area contributed by atoms with Crippen LogP contribution in [0.3, 0.4) is 0 Å². The van der Waals surface area contributed by atoms with Crippen molar-refractivity contribution >= 4 is 10.0 Å². The predicted octanol–water partition coefficient (Wildman–Crippen LogP) is 2.68. The molecule has 1 aromatic carbocycles. The SMILES string of the molecule is CCNC(CC)c1cccc(S(=O)(=O)NCC(C)C)c1. The molecule has 0 saturated carbocycles. The Morgan fingerprint density at radius 2 is 1.90 bits per heavy atom. The van der Waals surface area contributed by atoms with Gasteiger partial charge in [0.1, 0.15) is 0 Å². The zero-order valence-corrected chi connectivity index (χ0v) is 13.6. The van der Waals surface area contributed by atoms with Crippen molar-refractivity contribution < 1.29 is 8.42 Å². The molecular weight excluding hydrogens is 272 g/mol. The largest absolute Gasteiger partial charge is 0.310 e. The highest BCUT2D eigenvalue weighted by molar-refractivity contribution is 7.89. The van der Waals surface area contributed by atoms with Crippen molar-refractivity contribution in [2.75, 3.05) is 13.1 Å². The fourth-order valence-electron chi connectivity index (χ4n) is 2.00. The summed E-state index contributed by atoms with van der Waals surface area (Å²) in [6.45, 7) is 9.42. The lowest BCUT2D eigenvalue weighted by Crippen LogP contribution is -2.28. The molecule has 1 rings (SSSR count). The van der Waals surface area contributed by atoms with E-state index >= 15 is 0 Å². The van der Waals surface area contributed by atoms with E-state index in [0.717, 1.165) is 18.5 Å². The van der Waals surface area contributed by atoms with E-state index in [9.17, 15) is 8.42 Å². The molecule has 0 bridgehead atoms. The second kappa shape index (κ2) is 7.76. The van der Waals surface area contributed by atoms with Crippen molar-refractivity contribution in [1.82, 2.24) is 10.0 Å². The Morgan fingerprint density at radius 3 is 2.45 bits per heavy atom. The first kappa shape index (κ1) is 17.1. The van der Waals surface area contributed by atoms with Crippen LogP contribution >= 0.6 is 0 Å². The highest BCUT2D eigenvalue weighted by Gasteiger charge is 2.16. The van der Waals surface area contributed by atoms with Gasteiger partial charge < -0.3 is 5.32 Å². The lowest BCUT2D eigenvalue weighted by molar-refractivity contribution is 0.535. The predicted molar refractivity (Wildman–Crippen MR) is 83.2 cm³/mol. The molecule has 1 aromatic rings. The third-order valence-electron chi connectivity index (χ3n) is 3.11. The van der Waals surface area contributed by atoms with Gasteiger partial charge >= 0.3 is 0 Å². The standard InChI is InChI=1S/C15H26N2O2S/c1-5-15(16-6-2)13-8-7-9-14(10-13)20(18,19)17-11-12(3)4/h7-10,12,15-17H,5-6,11H2,1-4H3. The molecule has 5 heteroatoms. The molecule has 0 radical (unpaired) electrons. The van der Waals surface area contributed by atoms with E-state index < -0.39 is 10.0 Å². The molecule has 2 N–H and O–H groups in total. The van der Waals surface area contributed by atoms with Crippen molar-refractivity contribution in [3.05, 3.63) is 29.8 Å². The van der Waals surface area contributed by atoms with Crippen LogP contribution in [-0.4, -0.2) is 21.5 Å². The van der Waals surface area contributed by atoms with E-state index in [1.54, 1.807) is 18.2 Å². The quantitative estimate of drug-likeness (QED) is 0.776. The molecule has 0 fully saturated rings. The molecule has 0 amide bonds. The Labute approximate surface area is 123 Å². The summed E-state index contributed by atoms with van der Waals surface area (Å²) in [6.07, 6.45) is 0.927. The summed E-state index contributed by atoms with van der Waals surface area (Å²) in [5.41, 5.74) is 1.02. The highest BCUT2D eigenvalue weighted by Crippen LogP contribution is 2.20. The molecule has 1 unspecified atom stereocenters. The van der Waals surface area contributed by atoms with E-state index in [4.69, 9.17) is 0 Å². The van der Waals surface area contributed by atoms with Gasteiger partial charge in [0.25, 0.3) is 0 Å². The fourth-order valence-corrected chi connectivity index (χ4v) is 3.27. The van der Waals surface area contributed by atoms with Gasteiger partial charge in [-0.2, -0.15) is 0 Å². The lowest BCUT2D eigenvalue weighted by Gasteiger charge is -2.17. The number of rotatable bonds is 8. The molecule has 0 heterocycles. The van der Waals surface area contributed by atoms with Gasteiger partial charge in [0.05, 0.1) is 4.90 Å². The van der Waals surface area contributed by atoms with E-state index in [2.05, 4.69) is 17.0 Å². The summed E-state index contributed by atoms with van der Waals surface area (Å²) in [5.74, 6) is 0.290. The van der Waals surface area contributed by atoms with Crippen LogP contribution in [0.15, 0.2) is 29.2 Å². The minimum atomic E-state index is -3.41. The summed E-state index contributed by atoms with van der Waals surface area (Å²) >= 11 is 0. The summed E-state index contributed by atoms with van der Waals surface area (Å²) in [5, 5.41) is 3.36. The Bertz CT molecular complexity index is 512. The number of benzene rings is 1. The summed E-state index contributed by atoms with van der Waals surface area (Å²) < 4.78 is 27.1. The molecule has 0 saturated heterocycles. The smallest absolute Gasteiger partial charge is 0.240 e. The molecule has 0 aliphatic heterocycles. The van der Waals surface area contributed by atoms with Crippen LogP contribution in [0.1, 0.15) is 45.7 Å². The molecule has 0 aliphatic carbocycles. The zero-order valence-electron chi connectivity index (χ0n) is 12.8. The second-order valence-corrected chi connectivity index (χ2v) is 7.10. The van der Waals surface area contributed by atoms with Gasteiger partial charge in [-0.3, -0.25) is 0 Å². The normalized spacial score (nSPS) is 13.7. The molecule has 4 nitrogen and oxygen atoms in total. The molecule has 1 atom stereocenters. The van der Waals surface area contributed by atoms with Gasteiger partial charge in [-0.15, -0.1) is 0 Å². The van der Waals surface area contributed by atoms with Crippen molar-refractivity contribution in [1.29, 1.82) is 0 Å². The number of hydrogen-bond acceptors (Lipinski definition) is 3. The van der Waals surface area contributed by atoms with Crippen molar-refractivity contribution in [3.63, 3.8) is 0 Å². The Hall–Kier alpha value is -0.910. The third-order valence-corrected chi connectivity index (χ3v) is 4.53. The zero-order chi connectivity index (χ0) is 15.2. The van der Waals surface area contributed by atoms with Gasteiger partial charge in [0.2, 0.25) is 10.0 Å². The van der Waals surface area contributed by atoms with Gasteiger partial charge in [-0.05, 0) is 36.6 Å². The second-order valence-electron chi connectivity index (χ2n) is 5.34. The van der Waals surface area contributed by atoms with E-state index in [1.807, 2.05) is 26.8 Å². The number of sulfonamides is 1. The summed E-state index contributed by atoms with van der Waals surface area (Å²) in [4.78, 5) is 0.340. The van der Waals surface area contributed by atoms with Crippen LogP contribution in [-0.2, 0) is 10.0 Å². The van der Waals surface area contributed by atoms with Gasteiger partial charge in [0, 0.05) is 12.6 Å². The monoisotopic (exact) mass is 298 g/mol. The Morgan fingerprint density at radius 1 is 1.20 bits per heavy atom. The average molecular weight is 298 g/mol. The van der Waals surface area contributed by atoms with Gasteiger partial charge in [0.15, 0.2) is 0 Å². The number of hydrogen-bond donors (Lipinski definition) is 2. The highest BCUT2D eigenvalue weighted by atomic mass is 32.2. The third kappa shape index (κ3) is 4.89. The molecule has 0 aromatic heterocycles. The van der Waals surface area contributed by atoms with E-state index in [0.29, 0.717) is 11.4 Å². The van der Waals surface area contributed by atoms with Crippen LogP contribution in [0.25, 0.3) is 0 Å². The number of nitrogens with one attached hydrogen (secondary N) is 2. The first-order valence-corrected chi connectivity index (χ1v) is 8.72. The van der Waals surface area contributed by atoms with Crippen LogP contribution < -0.4 is 10.0 Å². The maximum atomic E-state index is 12.2. The maximum Gasteiger partial charge on any atom is 0.240 e. The van der Waals surface area contributed by atoms with E-state index in [-0.39, 0.29) is 12.0 Å². The van der Waals surface area contributed by atoms with Crippen molar-refractivity contribution in [2.45, 2.75) is 45.1 Å². The van der Waals surface area contributed by atoms with Crippen LogP contribution in [0.2, 0.25) is 0 Å². The average Bonchev–Trinajstić information content (AvgIpc) is 2.43. The Kier molecular flexibility index (Phi) is 6.65. The topological polar surface area (TPSA) is 58.2 Å². The Balaban J connectivity index is 2.97. The molecule has 114 valence electrons. The molecule has 20 heavy (non-hydrogen) atoms. The van der Waals surface area contributed by atoms with E-state index in [1.165, 1.54) is 0 Å². The van der Waals surface area contributed by atoms with Crippen LogP contribution in [0.5, 0.6) is 0 Å². The first-order valence-electron chi connectivity index (χ1n) is 7.23. The maximum absolute atomic E-state index is 12.2. The minimum Gasteiger partial charge on any atom is -0.310 e. The van der Waals surface area contributed by atoms with Crippen LogP contribution in [0.4, 0.5) is 0 Å². The fraction of sp³-hybridized carbons (Fsp3) is 0.600. The summed E-state index contributed by atoms with van der Waals surface area (Å²) in [7, 11) is -3.41. The minimum absolute atomic E-state index is 0.195. The van der Waals surface area contributed by atoms with Crippen molar-refractivity contribution in [3.8, 4) is 0 Å². The van der Waals surface area contributed by atoms with Gasteiger partial charge in [-0.1, -0.05) is 39.8 Å².